The van der Waals surface area contributed by atoms with Crippen molar-refractivity contribution in [1.82, 2.24) is 15.0 Å². The fraction of sp³-hybridized carbons (Fsp3) is 0.269. The zero-order valence-corrected chi connectivity index (χ0v) is 19.9. The van der Waals surface area contributed by atoms with E-state index in [1.54, 1.807) is 6.20 Å². The minimum atomic E-state index is -0.0915. The van der Waals surface area contributed by atoms with Crippen molar-refractivity contribution in [3.63, 3.8) is 0 Å². The molecule has 0 unspecified atom stereocenters. The van der Waals surface area contributed by atoms with Crippen LogP contribution in [0.15, 0.2) is 71.3 Å². The number of rotatable bonds is 7. The van der Waals surface area contributed by atoms with E-state index >= 15 is 0 Å². The Morgan fingerprint density at radius 2 is 1.82 bits per heavy atom. The molecule has 5 rings (SSSR count). The topological polar surface area (TPSA) is 70.7 Å². The van der Waals surface area contributed by atoms with Crippen molar-refractivity contribution in [2.45, 2.75) is 43.2 Å². The zero-order valence-electron chi connectivity index (χ0n) is 18.3. The standard InChI is InChI=1S/C26H26N4OS2/c31-24(17-33-25-27-15-22(28-25)20-9-5-2-6-10-20)30-26-29-23(16-32-26)21-13-11-19(12-14-21)18-7-3-1-4-8-18/h2,5-6,9-16,18H,1,3-4,7-8,17H2,(H,27,28)(H,29,30,31). The number of thioether (sulfide) groups is 1. The van der Waals surface area contributed by atoms with Crippen molar-refractivity contribution in [2.75, 3.05) is 11.1 Å². The van der Waals surface area contributed by atoms with E-state index in [-0.39, 0.29) is 11.7 Å². The Morgan fingerprint density at radius 3 is 2.61 bits per heavy atom. The van der Waals surface area contributed by atoms with Crippen molar-refractivity contribution in [3.05, 3.63) is 71.7 Å². The Balaban J connectivity index is 1.15. The first-order valence-electron chi connectivity index (χ1n) is 11.3. The molecule has 1 aliphatic rings. The van der Waals surface area contributed by atoms with Gasteiger partial charge >= 0.3 is 0 Å². The molecule has 0 aliphatic heterocycles. The Kier molecular flexibility index (Phi) is 6.88. The number of imidazole rings is 1. The van der Waals surface area contributed by atoms with E-state index < -0.39 is 0 Å². The van der Waals surface area contributed by atoms with Gasteiger partial charge in [0, 0.05) is 10.9 Å². The molecule has 2 aromatic carbocycles. The van der Waals surface area contributed by atoms with Crippen LogP contribution in [0, 0.1) is 0 Å². The number of aromatic amines is 1. The second kappa shape index (κ2) is 10.4. The number of hydrogen-bond donors (Lipinski definition) is 2. The van der Waals surface area contributed by atoms with Gasteiger partial charge < -0.3 is 10.3 Å². The van der Waals surface area contributed by atoms with E-state index in [1.165, 1.54) is 60.8 Å². The van der Waals surface area contributed by atoms with Gasteiger partial charge in [-0.25, -0.2) is 9.97 Å². The van der Waals surface area contributed by atoms with Gasteiger partial charge in [-0.05, 0) is 29.9 Å². The predicted molar refractivity (Wildman–Crippen MR) is 137 cm³/mol. The maximum atomic E-state index is 12.4. The Labute approximate surface area is 202 Å². The number of hydrogen-bond acceptors (Lipinski definition) is 5. The van der Waals surface area contributed by atoms with Crippen molar-refractivity contribution < 1.29 is 4.79 Å². The predicted octanol–water partition coefficient (Wildman–Crippen LogP) is 6.98. The molecular formula is C26H26N4OS2. The summed E-state index contributed by atoms with van der Waals surface area (Å²) < 4.78 is 0. The fourth-order valence-corrected chi connectivity index (χ4v) is 5.64. The number of thiazole rings is 1. The minimum Gasteiger partial charge on any atom is -0.333 e. The minimum absolute atomic E-state index is 0.0915. The molecule has 5 nitrogen and oxygen atoms in total. The number of H-pyrrole nitrogens is 1. The van der Waals surface area contributed by atoms with Gasteiger partial charge in [0.05, 0.1) is 23.3 Å². The molecule has 0 saturated heterocycles. The summed E-state index contributed by atoms with van der Waals surface area (Å²) in [5.74, 6) is 0.881. The van der Waals surface area contributed by atoms with E-state index in [0.717, 1.165) is 27.7 Å². The van der Waals surface area contributed by atoms with E-state index in [0.29, 0.717) is 11.0 Å². The molecule has 0 radical (unpaired) electrons. The van der Waals surface area contributed by atoms with Crippen molar-refractivity contribution in [2.24, 2.45) is 0 Å². The summed E-state index contributed by atoms with van der Waals surface area (Å²) in [7, 11) is 0. The van der Waals surface area contributed by atoms with Gasteiger partial charge in [0.25, 0.3) is 0 Å². The van der Waals surface area contributed by atoms with Gasteiger partial charge in [0.2, 0.25) is 5.91 Å². The summed E-state index contributed by atoms with van der Waals surface area (Å²) >= 11 is 2.83. The van der Waals surface area contributed by atoms with Crippen LogP contribution in [0.1, 0.15) is 43.6 Å². The molecule has 7 heteroatoms. The molecule has 1 amide bonds. The summed E-state index contributed by atoms with van der Waals surface area (Å²) in [5, 5.41) is 6.25. The van der Waals surface area contributed by atoms with Crippen LogP contribution in [0.25, 0.3) is 22.5 Å². The first kappa shape index (κ1) is 21.9. The normalized spacial score (nSPS) is 14.3. The molecule has 168 valence electrons. The second-order valence-corrected chi connectivity index (χ2v) is 10.1. The lowest BCUT2D eigenvalue weighted by atomic mass is 9.84. The number of amides is 1. The molecule has 2 N–H and O–H groups in total. The molecule has 2 aromatic heterocycles. The van der Waals surface area contributed by atoms with Crippen LogP contribution >= 0.6 is 23.1 Å². The second-order valence-electron chi connectivity index (χ2n) is 8.30. The maximum absolute atomic E-state index is 12.4. The number of carbonyl (C=O) groups excluding carboxylic acids is 1. The molecule has 1 aliphatic carbocycles. The Morgan fingerprint density at radius 1 is 1.03 bits per heavy atom. The lowest BCUT2D eigenvalue weighted by Crippen LogP contribution is -2.13. The zero-order chi connectivity index (χ0) is 22.5. The summed E-state index contributed by atoms with van der Waals surface area (Å²) in [4.78, 5) is 24.7. The molecule has 0 atom stereocenters. The van der Waals surface area contributed by atoms with Gasteiger partial charge in [-0.3, -0.25) is 4.79 Å². The number of nitrogens with one attached hydrogen (secondary N) is 2. The Bertz CT molecular complexity index is 1190. The van der Waals surface area contributed by atoms with E-state index in [2.05, 4.69) is 44.5 Å². The first-order chi connectivity index (χ1) is 16.2. The van der Waals surface area contributed by atoms with E-state index in [9.17, 15) is 4.79 Å². The molecule has 1 fully saturated rings. The SMILES string of the molecule is O=C(CSc1ncc(-c2ccccc2)[nH]1)Nc1nc(-c2ccc(C3CCCCC3)cc2)cs1. The third-order valence-corrected chi connectivity index (χ3v) is 7.66. The monoisotopic (exact) mass is 474 g/mol. The number of nitrogens with zero attached hydrogens (tertiary/aromatic N) is 2. The van der Waals surface area contributed by atoms with E-state index in [1.807, 2.05) is 35.7 Å². The first-order valence-corrected chi connectivity index (χ1v) is 13.2. The van der Waals surface area contributed by atoms with Gasteiger partial charge in [-0.1, -0.05) is 85.6 Å². The molecular weight excluding hydrogens is 448 g/mol. The Hall–Kier alpha value is -2.90. The van der Waals surface area contributed by atoms with Crippen LogP contribution in [0.4, 0.5) is 5.13 Å². The summed E-state index contributed by atoms with van der Waals surface area (Å²) in [5.41, 5.74) is 5.44. The van der Waals surface area contributed by atoms with Crippen LogP contribution in [0.5, 0.6) is 0 Å². The van der Waals surface area contributed by atoms with Gasteiger partial charge in [-0.2, -0.15) is 0 Å². The van der Waals surface area contributed by atoms with E-state index in [4.69, 9.17) is 0 Å². The number of carbonyl (C=O) groups is 1. The van der Waals surface area contributed by atoms with Crippen LogP contribution in [-0.2, 0) is 4.79 Å². The third kappa shape index (κ3) is 5.54. The highest BCUT2D eigenvalue weighted by Crippen LogP contribution is 2.34. The quantitative estimate of drug-likeness (QED) is 0.284. The largest absolute Gasteiger partial charge is 0.333 e. The van der Waals surface area contributed by atoms with Gasteiger partial charge in [0.1, 0.15) is 0 Å². The lowest BCUT2D eigenvalue weighted by molar-refractivity contribution is -0.113. The molecule has 33 heavy (non-hydrogen) atoms. The van der Waals surface area contributed by atoms with Crippen molar-refractivity contribution in [3.8, 4) is 22.5 Å². The van der Waals surface area contributed by atoms with Gasteiger partial charge in [-0.15, -0.1) is 11.3 Å². The average Bonchev–Trinajstić information content (AvgIpc) is 3.54. The van der Waals surface area contributed by atoms with Crippen LogP contribution in [0.3, 0.4) is 0 Å². The van der Waals surface area contributed by atoms with Crippen molar-refractivity contribution in [1.29, 1.82) is 0 Å². The number of aromatic nitrogens is 3. The van der Waals surface area contributed by atoms with Gasteiger partial charge in [0.15, 0.2) is 10.3 Å². The molecule has 0 bridgehead atoms. The lowest BCUT2D eigenvalue weighted by Gasteiger charge is -2.22. The van der Waals surface area contributed by atoms with Crippen LogP contribution in [-0.4, -0.2) is 26.6 Å². The van der Waals surface area contributed by atoms with Crippen LogP contribution < -0.4 is 5.32 Å². The fourth-order valence-electron chi connectivity index (χ4n) is 4.26. The number of anilines is 1. The summed E-state index contributed by atoms with van der Waals surface area (Å²) in [6, 6.07) is 18.8. The highest BCUT2D eigenvalue weighted by atomic mass is 32.2. The average molecular weight is 475 g/mol. The molecule has 2 heterocycles. The highest BCUT2D eigenvalue weighted by molar-refractivity contribution is 7.99. The van der Waals surface area contributed by atoms with Crippen molar-refractivity contribution >= 4 is 34.1 Å². The smallest absolute Gasteiger partial charge is 0.236 e. The third-order valence-electron chi connectivity index (χ3n) is 6.01. The molecule has 1 saturated carbocycles. The maximum Gasteiger partial charge on any atom is 0.236 e. The number of benzene rings is 2. The molecule has 4 aromatic rings. The summed E-state index contributed by atoms with van der Waals surface area (Å²) in [6.45, 7) is 0. The highest BCUT2D eigenvalue weighted by Gasteiger charge is 2.16. The summed E-state index contributed by atoms with van der Waals surface area (Å²) in [6.07, 6.45) is 8.45. The molecule has 0 spiro atoms. The van der Waals surface area contributed by atoms with Crippen LogP contribution in [0.2, 0.25) is 0 Å².